The number of benzene rings is 1. The lowest BCUT2D eigenvalue weighted by atomic mass is 10.0. The fourth-order valence-electron chi connectivity index (χ4n) is 1.72. The molecule has 0 aromatic heterocycles. The van der Waals surface area contributed by atoms with Crippen LogP contribution in [0.2, 0.25) is 0 Å². The summed E-state index contributed by atoms with van der Waals surface area (Å²) in [5.74, 6) is -3.67. The molecule has 0 amide bonds. The molecule has 1 N–H and O–H groups in total. The van der Waals surface area contributed by atoms with Crippen molar-refractivity contribution in [3.8, 4) is 0 Å². The minimum Gasteiger partial charge on any atom is -0.468 e. The summed E-state index contributed by atoms with van der Waals surface area (Å²) in [6, 6.07) is 1.49. The van der Waals surface area contributed by atoms with E-state index in [0.29, 0.717) is 6.42 Å². The average Bonchev–Trinajstić information content (AvgIpc) is 2.42. The fourth-order valence-corrected chi connectivity index (χ4v) is 3.15. The number of rotatable bonds is 6. The predicted octanol–water partition coefficient (Wildman–Crippen LogP) is 1.83. The largest absolute Gasteiger partial charge is 0.468 e. The summed E-state index contributed by atoms with van der Waals surface area (Å²) in [6.07, 6.45) is 0.474. The van der Waals surface area contributed by atoms with Gasteiger partial charge in [0.2, 0.25) is 10.0 Å². The SMILES string of the molecule is CC[C@@H](C)[C@H](NS(=O)(=O)c1c(F)cccc1F)C(=O)OC. The number of carbonyl (C=O) groups excluding carboxylic acids is 1. The Balaban J connectivity index is 3.21. The van der Waals surface area contributed by atoms with E-state index in [1.807, 2.05) is 4.72 Å². The molecule has 2 atom stereocenters. The highest BCUT2D eigenvalue weighted by atomic mass is 32.2. The van der Waals surface area contributed by atoms with Crippen molar-refractivity contribution in [1.82, 2.24) is 4.72 Å². The number of ether oxygens (including phenoxy) is 1. The Kier molecular flexibility index (Phi) is 5.79. The number of hydrogen-bond donors (Lipinski definition) is 1. The highest BCUT2D eigenvalue weighted by molar-refractivity contribution is 7.89. The molecule has 0 aliphatic carbocycles. The lowest BCUT2D eigenvalue weighted by molar-refractivity contribution is -0.143. The van der Waals surface area contributed by atoms with Crippen LogP contribution in [0.4, 0.5) is 8.78 Å². The molecule has 1 aromatic rings. The zero-order valence-electron chi connectivity index (χ0n) is 11.9. The van der Waals surface area contributed by atoms with Gasteiger partial charge in [0, 0.05) is 0 Å². The smallest absolute Gasteiger partial charge is 0.324 e. The van der Waals surface area contributed by atoms with Gasteiger partial charge in [-0.25, -0.2) is 17.2 Å². The molecule has 0 unspecified atom stereocenters. The zero-order chi connectivity index (χ0) is 16.2. The van der Waals surface area contributed by atoms with Crippen LogP contribution in [0.25, 0.3) is 0 Å². The molecule has 0 spiro atoms. The summed E-state index contributed by atoms with van der Waals surface area (Å²) in [7, 11) is -3.43. The van der Waals surface area contributed by atoms with Crippen molar-refractivity contribution in [1.29, 1.82) is 0 Å². The molecular weight excluding hydrogens is 304 g/mol. The molecule has 118 valence electrons. The van der Waals surface area contributed by atoms with E-state index in [9.17, 15) is 22.0 Å². The van der Waals surface area contributed by atoms with Gasteiger partial charge in [-0.2, -0.15) is 4.72 Å². The maximum Gasteiger partial charge on any atom is 0.324 e. The van der Waals surface area contributed by atoms with Crippen LogP contribution in [0.1, 0.15) is 20.3 Å². The molecule has 1 rings (SSSR count). The van der Waals surface area contributed by atoms with E-state index in [-0.39, 0.29) is 0 Å². The molecule has 1 aromatic carbocycles. The predicted molar refractivity (Wildman–Crippen MR) is 71.9 cm³/mol. The first-order valence-corrected chi connectivity index (χ1v) is 7.77. The second-order valence-corrected chi connectivity index (χ2v) is 6.21. The highest BCUT2D eigenvalue weighted by Crippen LogP contribution is 2.20. The molecule has 5 nitrogen and oxygen atoms in total. The molecule has 8 heteroatoms. The standard InChI is InChI=1S/C13H17F2NO4S/c1-4-8(2)11(13(17)20-3)16-21(18,19)12-9(14)6-5-7-10(12)15/h5-8,11,16H,4H2,1-3H3/t8-,11+/m1/s1. The van der Waals surface area contributed by atoms with Gasteiger partial charge in [0.15, 0.2) is 4.90 Å². The molecule has 0 aliphatic heterocycles. The molecule has 0 fully saturated rings. The Labute approximate surface area is 122 Å². The Bertz CT molecular complexity index is 598. The van der Waals surface area contributed by atoms with E-state index in [0.717, 1.165) is 25.3 Å². The topological polar surface area (TPSA) is 72.5 Å². The van der Waals surface area contributed by atoms with Gasteiger partial charge in [-0.05, 0) is 18.1 Å². The summed E-state index contributed by atoms with van der Waals surface area (Å²) in [6.45, 7) is 3.38. The van der Waals surface area contributed by atoms with E-state index in [1.165, 1.54) is 0 Å². The van der Waals surface area contributed by atoms with Gasteiger partial charge in [-0.15, -0.1) is 0 Å². The van der Waals surface area contributed by atoms with Crippen LogP contribution in [0, 0.1) is 17.6 Å². The van der Waals surface area contributed by atoms with E-state index >= 15 is 0 Å². The van der Waals surface area contributed by atoms with Crippen LogP contribution in [-0.2, 0) is 19.6 Å². The Morgan fingerprint density at radius 2 is 1.86 bits per heavy atom. The van der Waals surface area contributed by atoms with Gasteiger partial charge in [0.25, 0.3) is 0 Å². The van der Waals surface area contributed by atoms with Crippen molar-refractivity contribution in [3.05, 3.63) is 29.8 Å². The first-order valence-electron chi connectivity index (χ1n) is 6.28. The number of sulfonamides is 1. The molecule has 0 aliphatic rings. The van der Waals surface area contributed by atoms with Crippen LogP contribution in [-0.4, -0.2) is 27.5 Å². The van der Waals surface area contributed by atoms with Gasteiger partial charge < -0.3 is 4.74 Å². The lowest BCUT2D eigenvalue weighted by Gasteiger charge is -2.21. The molecule has 0 radical (unpaired) electrons. The normalized spacial score (nSPS) is 14.5. The van der Waals surface area contributed by atoms with E-state index in [1.54, 1.807) is 13.8 Å². The second kappa shape index (κ2) is 6.95. The van der Waals surface area contributed by atoms with Crippen molar-refractivity contribution in [2.45, 2.75) is 31.2 Å². The summed E-state index contributed by atoms with van der Waals surface area (Å²) in [5.41, 5.74) is 0. The summed E-state index contributed by atoms with van der Waals surface area (Å²) in [5, 5.41) is 0. The summed E-state index contributed by atoms with van der Waals surface area (Å²) in [4.78, 5) is 10.5. The maximum atomic E-state index is 13.6. The molecular formula is C13H17F2NO4S. The minimum absolute atomic E-state index is 0.401. The minimum atomic E-state index is -4.53. The van der Waals surface area contributed by atoms with Crippen LogP contribution < -0.4 is 4.72 Å². The quantitative estimate of drug-likeness (QED) is 0.811. The Morgan fingerprint density at radius 3 is 2.29 bits per heavy atom. The monoisotopic (exact) mass is 321 g/mol. The average molecular weight is 321 g/mol. The second-order valence-electron chi connectivity index (χ2n) is 4.56. The summed E-state index contributed by atoms with van der Waals surface area (Å²) >= 11 is 0. The van der Waals surface area contributed by atoms with Gasteiger partial charge in [-0.3, -0.25) is 4.79 Å². The molecule has 21 heavy (non-hydrogen) atoms. The number of hydrogen-bond acceptors (Lipinski definition) is 4. The van der Waals surface area contributed by atoms with Crippen molar-refractivity contribution >= 4 is 16.0 Å². The number of nitrogens with one attached hydrogen (secondary N) is 1. The van der Waals surface area contributed by atoms with Crippen molar-refractivity contribution in [2.24, 2.45) is 5.92 Å². The first kappa shape index (κ1) is 17.5. The number of halogens is 2. The third-order valence-electron chi connectivity index (χ3n) is 3.14. The zero-order valence-corrected chi connectivity index (χ0v) is 12.7. The van der Waals surface area contributed by atoms with Crippen molar-refractivity contribution < 1.29 is 26.7 Å². The number of esters is 1. The van der Waals surface area contributed by atoms with E-state index in [4.69, 9.17) is 0 Å². The van der Waals surface area contributed by atoms with Gasteiger partial charge >= 0.3 is 5.97 Å². The van der Waals surface area contributed by atoms with Gasteiger partial charge in [0.1, 0.15) is 17.7 Å². The fraction of sp³-hybridized carbons (Fsp3) is 0.462. The van der Waals surface area contributed by atoms with Crippen molar-refractivity contribution in [3.63, 3.8) is 0 Å². The van der Waals surface area contributed by atoms with Crippen LogP contribution >= 0.6 is 0 Å². The van der Waals surface area contributed by atoms with Crippen LogP contribution in [0.5, 0.6) is 0 Å². The molecule has 0 heterocycles. The maximum absolute atomic E-state index is 13.6. The Hall–Kier alpha value is -1.54. The third kappa shape index (κ3) is 3.98. The Morgan fingerprint density at radius 1 is 1.33 bits per heavy atom. The van der Waals surface area contributed by atoms with Gasteiger partial charge in [-0.1, -0.05) is 26.3 Å². The molecule has 0 saturated heterocycles. The van der Waals surface area contributed by atoms with E-state index < -0.39 is 44.5 Å². The number of carbonyl (C=O) groups is 1. The van der Waals surface area contributed by atoms with Gasteiger partial charge in [0.05, 0.1) is 7.11 Å². The van der Waals surface area contributed by atoms with Crippen molar-refractivity contribution in [2.75, 3.05) is 7.11 Å². The lowest BCUT2D eigenvalue weighted by Crippen LogP contribution is -2.46. The van der Waals surface area contributed by atoms with Crippen LogP contribution in [0.15, 0.2) is 23.1 Å². The molecule has 0 bridgehead atoms. The number of methoxy groups -OCH3 is 1. The third-order valence-corrected chi connectivity index (χ3v) is 4.63. The summed E-state index contributed by atoms with van der Waals surface area (Å²) < 4.78 is 58.0. The highest BCUT2D eigenvalue weighted by Gasteiger charge is 2.33. The van der Waals surface area contributed by atoms with Crippen LogP contribution in [0.3, 0.4) is 0 Å². The first-order chi connectivity index (χ1) is 9.74. The van der Waals surface area contributed by atoms with E-state index in [2.05, 4.69) is 4.74 Å². The molecule has 0 saturated carbocycles.